The average molecular weight is 311 g/mol. The number of fused-ring (bicyclic) bond motifs is 1. The van der Waals surface area contributed by atoms with Gasteiger partial charge in [0.25, 0.3) is 0 Å². The highest BCUT2D eigenvalue weighted by molar-refractivity contribution is 5.88. The molecule has 24 heavy (non-hydrogen) atoms. The average Bonchev–Trinajstić information content (AvgIpc) is 2.94. The number of para-hydroxylation sites is 2. The first-order valence-electron chi connectivity index (χ1n) is 8.47. The molecule has 1 unspecified atom stereocenters. The summed E-state index contributed by atoms with van der Waals surface area (Å²) in [6.45, 7) is 4.54. The minimum atomic E-state index is 0.362. The Morgan fingerprint density at radius 1 is 0.708 bits per heavy atom. The van der Waals surface area contributed by atoms with Gasteiger partial charge in [-0.15, -0.1) is 0 Å². The summed E-state index contributed by atoms with van der Waals surface area (Å²) in [5, 5.41) is 1.34. The molecule has 0 radical (unpaired) electrons. The van der Waals surface area contributed by atoms with E-state index in [9.17, 15) is 0 Å². The molecular weight excluding hydrogens is 290 g/mol. The first-order valence-corrected chi connectivity index (χ1v) is 8.47. The zero-order valence-corrected chi connectivity index (χ0v) is 14.1. The predicted molar refractivity (Wildman–Crippen MR) is 102 cm³/mol. The Hall–Kier alpha value is -2.80. The van der Waals surface area contributed by atoms with E-state index in [0.29, 0.717) is 5.92 Å². The van der Waals surface area contributed by atoms with Gasteiger partial charge < -0.3 is 4.57 Å². The molecule has 0 saturated heterocycles. The molecule has 0 N–H and O–H groups in total. The van der Waals surface area contributed by atoms with Crippen molar-refractivity contribution in [3.05, 3.63) is 102 Å². The summed E-state index contributed by atoms with van der Waals surface area (Å²) in [5.74, 6) is 0.362. The smallest absolute Gasteiger partial charge is 0.0534 e. The molecule has 0 amide bonds. The molecule has 0 bridgehead atoms. The zero-order chi connectivity index (χ0) is 16.5. The molecule has 1 heteroatoms. The normalized spacial score (nSPS) is 12.4. The van der Waals surface area contributed by atoms with Gasteiger partial charge in [0.05, 0.1) is 5.52 Å². The van der Waals surface area contributed by atoms with Crippen molar-refractivity contribution in [2.24, 2.45) is 0 Å². The zero-order valence-electron chi connectivity index (χ0n) is 14.1. The van der Waals surface area contributed by atoms with E-state index in [1.807, 2.05) is 0 Å². The Labute approximate surface area is 143 Å². The van der Waals surface area contributed by atoms with Crippen molar-refractivity contribution in [3.8, 4) is 5.69 Å². The Morgan fingerprint density at radius 3 is 2.00 bits per heavy atom. The maximum Gasteiger partial charge on any atom is 0.0534 e. The van der Waals surface area contributed by atoms with Crippen molar-refractivity contribution in [1.82, 2.24) is 4.57 Å². The van der Waals surface area contributed by atoms with Crippen molar-refractivity contribution in [3.63, 3.8) is 0 Å². The highest BCUT2D eigenvalue weighted by atomic mass is 15.0. The molecule has 118 valence electrons. The second kappa shape index (κ2) is 6.01. The van der Waals surface area contributed by atoms with Gasteiger partial charge in [-0.05, 0) is 36.2 Å². The largest absolute Gasteiger partial charge is 0.314 e. The number of hydrogen-bond donors (Lipinski definition) is 0. The number of hydrogen-bond acceptors (Lipinski definition) is 0. The molecule has 0 aliphatic carbocycles. The van der Waals surface area contributed by atoms with Crippen LogP contribution in [0, 0.1) is 6.92 Å². The summed E-state index contributed by atoms with van der Waals surface area (Å²) in [7, 11) is 0. The minimum absolute atomic E-state index is 0.362. The van der Waals surface area contributed by atoms with Crippen LogP contribution in [0.5, 0.6) is 0 Å². The third-order valence-corrected chi connectivity index (χ3v) is 4.91. The van der Waals surface area contributed by atoms with Gasteiger partial charge in [0.2, 0.25) is 0 Å². The van der Waals surface area contributed by atoms with E-state index in [-0.39, 0.29) is 0 Å². The Bertz CT molecular complexity index is 965. The molecule has 1 aromatic heterocycles. The van der Waals surface area contributed by atoms with Crippen LogP contribution in [-0.2, 0) is 0 Å². The molecule has 0 aliphatic heterocycles. The lowest BCUT2D eigenvalue weighted by Gasteiger charge is -2.14. The van der Waals surface area contributed by atoms with Crippen LogP contribution >= 0.6 is 0 Å². The van der Waals surface area contributed by atoms with Gasteiger partial charge >= 0.3 is 0 Å². The van der Waals surface area contributed by atoms with E-state index in [1.165, 1.54) is 33.4 Å². The van der Waals surface area contributed by atoms with Crippen LogP contribution in [0.4, 0.5) is 0 Å². The Balaban J connectivity index is 1.99. The quantitative estimate of drug-likeness (QED) is 0.431. The molecule has 1 heterocycles. The number of benzene rings is 3. The van der Waals surface area contributed by atoms with Gasteiger partial charge in [0, 0.05) is 22.7 Å². The van der Waals surface area contributed by atoms with Crippen LogP contribution in [-0.4, -0.2) is 4.57 Å². The molecule has 0 fully saturated rings. The highest BCUT2D eigenvalue weighted by Gasteiger charge is 2.20. The SMILES string of the molecule is Cc1c(C(C)c2ccccc2)c2ccccc2n1-c1ccccc1. The molecule has 1 atom stereocenters. The van der Waals surface area contributed by atoms with Crippen molar-refractivity contribution in [1.29, 1.82) is 0 Å². The summed E-state index contributed by atoms with van der Waals surface area (Å²) in [6, 6.07) is 30.1. The lowest BCUT2D eigenvalue weighted by Crippen LogP contribution is -2.00. The maximum atomic E-state index is 2.38. The molecule has 0 aliphatic rings. The number of aromatic nitrogens is 1. The molecular formula is C23H21N. The molecule has 4 aromatic rings. The number of nitrogens with zero attached hydrogens (tertiary/aromatic N) is 1. The predicted octanol–water partition coefficient (Wildman–Crippen LogP) is 6.09. The third kappa shape index (κ3) is 2.33. The van der Waals surface area contributed by atoms with Gasteiger partial charge in [-0.25, -0.2) is 0 Å². The van der Waals surface area contributed by atoms with Crippen molar-refractivity contribution in [2.45, 2.75) is 19.8 Å². The van der Waals surface area contributed by atoms with Crippen LogP contribution < -0.4 is 0 Å². The lowest BCUT2D eigenvalue weighted by molar-refractivity contribution is 0.899. The fraction of sp³-hybridized carbons (Fsp3) is 0.130. The minimum Gasteiger partial charge on any atom is -0.314 e. The van der Waals surface area contributed by atoms with Gasteiger partial charge in [-0.2, -0.15) is 0 Å². The van der Waals surface area contributed by atoms with E-state index in [0.717, 1.165) is 0 Å². The van der Waals surface area contributed by atoms with E-state index >= 15 is 0 Å². The first kappa shape index (κ1) is 14.8. The van der Waals surface area contributed by atoms with Crippen LogP contribution in [0.25, 0.3) is 16.6 Å². The van der Waals surface area contributed by atoms with Gasteiger partial charge in [0.15, 0.2) is 0 Å². The van der Waals surface area contributed by atoms with Gasteiger partial charge in [-0.3, -0.25) is 0 Å². The second-order valence-corrected chi connectivity index (χ2v) is 6.32. The third-order valence-electron chi connectivity index (χ3n) is 4.91. The standard InChI is InChI=1S/C23H21N/c1-17(19-11-5-3-6-12-19)23-18(2)24(20-13-7-4-8-14-20)22-16-10-9-15-21(22)23/h3-17H,1-2H3. The molecule has 0 spiro atoms. The first-order chi connectivity index (χ1) is 11.8. The maximum absolute atomic E-state index is 2.38. The van der Waals surface area contributed by atoms with Crippen LogP contribution in [0.2, 0.25) is 0 Å². The summed E-state index contributed by atoms with van der Waals surface area (Å²) >= 11 is 0. The Morgan fingerprint density at radius 2 is 1.29 bits per heavy atom. The van der Waals surface area contributed by atoms with Gasteiger partial charge in [0.1, 0.15) is 0 Å². The second-order valence-electron chi connectivity index (χ2n) is 6.32. The van der Waals surface area contributed by atoms with Crippen molar-refractivity contribution < 1.29 is 0 Å². The fourth-order valence-corrected chi connectivity index (χ4v) is 3.76. The summed E-state index contributed by atoms with van der Waals surface area (Å²) in [5.41, 5.74) is 6.59. The van der Waals surface area contributed by atoms with Gasteiger partial charge in [-0.1, -0.05) is 73.7 Å². The topological polar surface area (TPSA) is 4.93 Å². The van der Waals surface area contributed by atoms with E-state index in [1.54, 1.807) is 0 Å². The summed E-state index contributed by atoms with van der Waals surface area (Å²) in [6.07, 6.45) is 0. The molecule has 3 aromatic carbocycles. The summed E-state index contributed by atoms with van der Waals surface area (Å²) in [4.78, 5) is 0. The number of rotatable bonds is 3. The van der Waals surface area contributed by atoms with E-state index < -0.39 is 0 Å². The Kier molecular flexibility index (Phi) is 3.70. The van der Waals surface area contributed by atoms with E-state index in [2.05, 4.69) is 103 Å². The summed E-state index contributed by atoms with van der Waals surface area (Å²) < 4.78 is 2.38. The van der Waals surface area contributed by atoms with Crippen LogP contribution in [0.3, 0.4) is 0 Å². The van der Waals surface area contributed by atoms with E-state index in [4.69, 9.17) is 0 Å². The lowest BCUT2D eigenvalue weighted by atomic mass is 9.91. The molecule has 4 rings (SSSR count). The van der Waals surface area contributed by atoms with Crippen LogP contribution in [0.1, 0.15) is 29.7 Å². The monoisotopic (exact) mass is 311 g/mol. The van der Waals surface area contributed by atoms with Crippen LogP contribution in [0.15, 0.2) is 84.9 Å². The van der Waals surface area contributed by atoms with Crippen molar-refractivity contribution >= 4 is 10.9 Å². The fourth-order valence-electron chi connectivity index (χ4n) is 3.76. The highest BCUT2D eigenvalue weighted by Crippen LogP contribution is 2.36. The molecule has 0 saturated carbocycles. The molecule has 1 nitrogen and oxygen atoms in total. The van der Waals surface area contributed by atoms with Crippen molar-refractivity contribution in [2.75, 3.05) is 0 Å².